The van der Waals surface area contributed by atoms with Crippen LogP contribution in [0.2, 0.25) is 5.02 Å². The van der Waals surface area contributed by atoms with Crippen LogP contribution in [0.4, 0.5) is 5.69 Å². The molecule has 0 bridgehead atoms. The Bertz CT molecular complexity index is 1050. The molecule has 0 saturated heterocycles. The number of amides is 1. The molecule has 0 aliphatic carbocycles. The van der Waals surface area contributed by atoms with E-state index in [-0.39, 0.29) is 5.91 Å². The highest BCUT2D eigenvalue weighted by Gasteiger charge is 2.46. The first-order chi connectivity index (χ1) is 13.5. The normalized spacial score (nSPS) is 17.9. The summed E-state index contributed by atoms with van der Waals surface area (Å²) in [6.45, 7) is 0. The molecule has 1 heterocycles. The van der Waals surface area contributed by atoms with Crippen molar-refractivity contribution in [2.24, 2.45) is 0 Å². The second kappa shape index (κ2) is 7.61. The maximum atomic E-state index is 13.3. The summed E-state index contributed by atoms with van der Waals surface area (Å²) in [6.07, 6.45) is 1.15. The Hall–Kier alpha value is -2.30. The minimum absolute atomic E-state index is 0.00689. The van der Waals surface area contributed by atoms with Crippen LogP contribution in [0.5, 0.6) is 5.75 Å². The third-order valence-corrected chi connectivity index (χ3v) is 5.94. The Morgan fingerprint density at radius 3 is 2.43 bits per heavy atom. The second-order valence-electron chi connectivity index (χ2n) is 7.06. The van der Waals surface area contributed by atoms with E-state index in [0.29, 0.717) is 17.9 Å². The number of ether oxygens (including phenoxy) is 1. The van der Waals surface area contributed by atoms with Gasteiger partial charge in [0, 0.05) is 15.2 Å². The van der Waals surface area contributed by atoms with Gasteiger partial charge in [0.1, 0.15) is 5.75 Å². The van der Waals surface area contributed by atoms with Crippen LogP contribution in [0.3, 0.4) is 0 Å². The maximum Gasteiger partial charge on any atom is 0.235 e. The number of hydrogen-bond donors (Lipinski definition) is 1. The van der Waals surface area contributed by atoms with Gasteiger partial charge >= 0.3 is 0 Å². The Kier molecular flexibility index (Phi) is 5.17. The molecule has 0 saturated carbocycles. The average molecular weight is 457 g/mol. The van der Waals surface area contributed by atoms with Gasteiger partial charge in [0.15, 0.2) is 0 Å². The first-order valence-electron chi connectivity index (χ1n) is 8.99. The van der Waals surface area contributed by atoms with Crippen molar-refractivity contribution < 1.29 is 9.53 Å². The Labute approximate surface area is 177 Å². The standard InChI is InChI=1S/C23H19BrClNO2/c1-28-19-7-3-5-16(11-19)14-23(13-15-4-2-6-17(24)10-15)20-9-8-18(25)12-21(20)26-22(23)27/h2-12H,13-14H2,1H3,(H,26,27). The van der Waals surface area contributed by atoms with E-state index < -0.39 is 5.41 Å². The number of rotatable bonds is 5. The summed E-state index contributed by atoms with van der Waals surface area (Å²) in [7, 11) is 1.65. The SMILES string of the molecule is COc1cccc(CC2(Cc3cccc(Br)c3)C(=O)Nc3cc(Cl)ccc32)c1. The second-order valence-corrected chi connectivity index (χ2v) is 8.41. The molecule has 3 aromatic rings. The van der Waals surface area contributed by atoms with Gasteiger partial charge < -0.3 is 10.1 Å². The minimum Gasteiger partial charge on any atom is -0.497 e. The highest BCUT2D eigenvalue weighted by molar-refractivity contribution is 9.10. The van der Waals surface area contributed by atoms with Crippen LogP contribution in [0.1, 0.15) is 16.7 Å². The first kappa shape index (κ1) is 19.0. The fourth-order valence-corrected chi connectivity index (χ4v) is 4.56. The zero-order valence-corrected chi connectivity index (χ0v) is 17.7. The van der Waals surface area contributed by atoms with E-state index in [4.69, 9.17) is 16.3 Å². The quantitative estimate of drug-likeness (QED) is 0.528. The maximum absolute atomic E-state index is 13.3. The van der Waals surface area contributed by atoms with Crippen molar-refractivity contribution in [2.75, 3.05) is 12.4 Å². The summed E-state index contributed by atoms with van der Waals surface area (Å²) >= 11 is 9.71. The Morgan fingerprint density at radius 2 is 1.71 bits per heavy atom. The number of anilines is 1. The molecule has 1 aliphatic heterocycles. The van der Waals surface area contributed by atoms with Gasteiger partial charge in [-0.15, -0.1) is 0 Å². The van der Waals surface area contributed by atoms with E-state index in [2.05, 4.69) is 33.4 Å². The fourth-order valence-electron chi connectivity index (χ4n) is 3.94. The average Bonchev–Trinajstić information content (AvgIpc) is 2.92. The van der Waals surface area contributed by atoms with Crippen LogP contribution in [0.25, 0.3) is 0 Å². The molecule has 1 unspecified atom stereocenters. The van der Waals surface area contributed by atoms with Gasteiger partial charge in [-0.2, -0.15) is 0 Å². The predicted octanol–water partition coefficient (Wildman–Crippen LogP) is 5.79. The van der Waals surface area contributed by atoms with E-state index in [1.54, 1.807) is 7.11 Å². The van der Waals surface area contributed by atoms with Crippen molar-refractivity contribution in [1.82, 2.24) is 0 Å². The summed E-state index contributed by atoms with van der Waals surface area (Å²) in [6, 6.07) is 21.6. The van der Waals surface area contributed by atoms with Crippen LogP contribution in [0, 0.1) is 0 Å². The summed E-state index contributed by atoms with van der Waals surface area (Å²) in [5.41, 5.74) is 3.19. The molecule has 1 N–H and O–H groups in total. The molecule has 3 aromatic carbocycles. The number of benzene rings is 3. The molecular formula is C23H19BrClNO2. The molecule has 0 radical (unpaired) electrons. The molecule has 1 amide bonds. The smallest absolute Gasteiger partial charge is 0.235 e. The van der Waals surface area contributed by atoms with Gasteiger partial charge in [0.25, 0.3) is 0 Å². The molecule has 0 aromatic heterocycles. The number of fused-ring (bicyclic) bond motifs is 1. The lowest BCUT2D eigenvalue weighted by Crippen LogP contribution is -2.39. The summed E-state index contributed by atoms with van der Waals surface area (Å²) in [5.74, 6) is 0.775. The van der Waals surface area contributed by atoms with Crippen molar-refractivity contribution in [3.8, 4) is 5.75 Å². The molecular weight excluding hydrogens is 438 g/mol. The first-order valence-corrected chi connectivity index (χ1v) is 10.2. The monoisotopic (exact) mass is 455 g/mol. The molecule has 5 heteroatoms. The van der Waals surface area contributed by atoms with Crippen LogP contribution < -0.4 is 10.1 Å². The Morgan fingerprint density at radius 1 is 1.00 bits per heavy atom. The molecule has 28 heavy (non-hydrogen) atoms. The number of halogens is 2. The van der Waals surface area contributed by atoms with E-state index in [0.717, 1.165) is 32.6 Å². The molecule has 0 fully saturated rings. The summed E-state index contributed by atoms with van der Waals surface area (Å²) < 4.78 is 6.37. The van der Waals surface area contributed by atoms with Crippen molar-refractivity contribution >= 4 is 39.1 Å². The molecule has 4 rings (SSSR count). The summed E-state index contributed by atoms with van der Waals surface area (Å²) in [5, 5.41) is 3.66. The largest absolute Gasteiger partial charge is 0.497 e. The zero-order chi connectivity index (χ0) is 19.7. The van der Waals surface area contributed by atoms with Gasteiger partial charge in [-0.3, -0.25) is 4.79 Å². The van der Waals surface area contributed by atoms with Gasteiger partial charge in [0.05, 0.1) is 12.5 Å². The van der Waals surface area contributed by atoms with Crippen molar-refractivity contribution in [3.63, 3.8) is 0 Å². The van der Waals surface area contributed by atoms with Gasteiger partial charge in [-0.1, -0.05) is 57.9 Å². The summed E-state index contributed by atoms with van der Waals surface area (Å²) in [4.78, 5) is 13.3. The van der Waals surface area contributed by atoms with Crippen LogP contribution in [0.15, 0.2) is 71.2 Å². The van der Waals surface area contributed by atoms with Crippen LogP contribution >= 0.6 is 27.5 Å². The Balaban J connectivity index is 1.83. The number of hydrogen-bond acceptors (Lipinski definition) is 2. The highest BCUT2D eigenvalue weighted by atomic mass is 79.9. The molecule has 142 valence electrons. The third kappa shape index (κ3) is 3.54. The molecule has 1 atom stereocenters. The molecule has 3 nitrogen and oxygen atoms in total. The lowest BCUT2D eigenvalue weighted by molar-refractivity contribution is -0.120. The van der Waals surface area contributed by atoms with Crippen LogP contribution in [-0.2, 0) is 23.1 Å². The lowest BCUT2D eigenvalue weighted by Gasteiger charge is -2.28. The van der Waals surface area contributed by atoms with Gasteiger partial charge in [-0.05, 0) is 65.9 Å². The number of methoxy groups -OCH3 is 1. The molecule has 0 spiro atoms. The lowest BCUT2D eigenvalue weighted by atomic mass is 9.72. The van der Waals surface area contributed by atoms with Crippen LogP contribution in [-0.4, -0.2) is 13.0 Å². The minimum atomic E-state index is -0.715. The number of nitrogens with one attached hydrogen (secondary N) is 1. The van der Waals surface area contributed by atoms with Crippen molar-refractivity contribution in [2.45, 2.75) is 18.3 Å². The van der Waals surface area contributed by atoms with Gasteiger partial charge in [0.2, 0.25) is 5.91 Å². The highest BCUT2D eigenvalue weighted by Crippen LogP contribution is 2.44. The fraction of sp³-hybridized carbons (Fsp3) is 0.174. The van der Waals surface area contributed by atoms with Gasteiger partial charge in [-0.25, -0.2) is 0 Å². The van der Waals surface area contributed by atoms with E-state index >= 15 is 0 Å². The third-order valence-electron chi connectivity index (χ3n) is 5.22. The van der Waals surface area contributed by atoms with E-state index in [9.17, 15) is 4.79 Å². The molecule has 1 aliphatic rings. The topological polar surface area (TPSA) is 38.3 Å². The van der Waals surface area contributed by atoms with E-state index in [1.165, 1.54) is 0 Å². The van der Waals surface area contributed by atoms with E-state index in [1.807, 2.05) is 54.6 Å². The zero-order valence-electron chi connectivity index (χ0n) is 15.3. The van der Waals surface area contributed by atoms with Crippen molar-refractivity contribution in [1.29, 1.82) is 0 Å². The van der Waals surface area contributed by atoms with Crippen molar-refractivity contribution in [3.05, 3.63) is 92.9 Å². The predicted molar refractivity (Wildman–Crippen MR) is 116 cm³/mol. The number of carbonyl (C=O) groups is 1. The number of carbonyl (C=O) groups excluding carboxylic acids is 1.